The fraction of sp³-hybridized carbons (Fsp3) is 0.400. The molecule has 26 heavy (non-hydrogen) atoms. The standard InChI is InChI=1S/C20H25N3O3/c1-2-26-20(24)17-8-9-19(21-14-17)22-18(16-6-4-3-5-7-16)15-23-10-12-25-13-11-23/h3-9,14,18H,2,10-13,15H2,1H3,(H,21,22). The van der Waals surface area contributed by atoms with Crippen LogP contribution < -0.4 is 5.32 Å². The van der Waals surface area contributed by atoms with Crippen LogP contribution in [0.25, 0.3) is 0 Å². The molecule has 1 atom stereocenters. The number of hydrogen-bond donors (Lipinski definition) is 1. The molecule has 0 spiro atoms. The minimum Gasteiger partial charge on any atom is -0.462 e. The van der Waals surface area contributed by atoms with Crippen LogP contribution in [0.5, 0.6) is 0 Å². The Labute approximate surface area is 154 Å². The van der Waals surface area contributed by atoms with Gasteiger partial charge in [0.25, 0.3) is 0 Å². The molecule has 3 rings (SSSR count). The lowest BCUT2D eigenvalue weighted by atomic mass is 10.1. The van der Waals surface area contributed by atoms with Crippen molar-refractivity contribution in [3.63, 3.8) is 0 Å². The zero-order valence-corrected chi connectivity index (χ0v) is 15.1. The van der Waals surface area contributed by atoms with Gasteiger partial charge in [-0.25, -0.2) is 9.78 Å². The highest BCUT2D eigenvalue weighted by Crippen LogP contribution is 2.20. The minimum absolute atomic E-state index is 0.107. The number of hydrogen-bond acceptors (Lipinski definition) is 6. The van der Waals surface area contributed by atoms with Crippen molar-refractivity contribution in [3.8, 4) is 0 Å². The predicted molar refractivity (Wildman–Crippen MR) is 100 cm³/mol. The minimum atomic E-state index is -0.348. The van der Waals surface area contributed by atoms with E-state index in [-0.39, 0.29) is 12.0 Å². The van der Waals surface area contributed by atoms with E-state index in [2.05, 4.69) is 27.3 Å². The molecule has 0 radical (unpaired) electrons. The topological polar surface area (TPSA) is 63.7 Å². The highest BCUT2D eigenvalue weighted by atomic mass is 16.5. The molecule has 0 bridgehead atoms. The summed E-state index contributed by atoms with van der Waals surface area (Å²) in [5.41, 5.74) is 1.66. The molecule has 1 fully saturated rings. The van der Waals surface area contributed by atoms with E-state index in [9.17, 15) is 4.79 Å². The van der Waals surface area contributed by atoms with Crippen molar-refractivity contribution in [2.24, 2.45) is 0 Å². The SMILES string of the molecule is CCOC(=O)c1ccc(NC(CN2CCOCC2)c2ccccc2)nc1. The first-order valence-electron chi connectivity index (χ1n) is 9.01. The van der Waals surface area contributed by atoms with Gasteiger partial charge in [-0.2, -0.15) is 0 Å². The molecule has 6 heteroatoms. The Balaban J connectivity index is 1.71. The van der Waals surface area contributed by atoms with Gasteiger partial charge in [0.2, 0.25) is 0 Å². The van der Waals surface area contributed by atoms with Gasteiger partial charge in [-0.3, -0.25) is 4.90 Å². The normalized spacial score (nSPS) is 16.0. The number of aromatic nitrogens is 1. The van der Waals surface area contributed by atoms with Crippen LogP contribution in [0.4, 0.5) is 5.82 Å². The lowest BCUT2D eigenvalue weighted by Crippen LogP contribution is -2.40. The van der Waals surface area contributed by atoms with Crippen molar-refractivity contribution in [1.82, 2.24) is 9.88 Å². The van der Waals surface area contributed by atoms with Crippen LogP contribution in [0.2, 0.25) is 0 Å². The Morgan fingerprint density at radius 3 is 2.65 bits per heavy atom. The summed E-state index contributed by atoms with van der Waals surface area (Å²) in [5.74, 6) is 0.389. The summed E-state index contributed by atoms with van der Waals surface area (Å²) in [7, 11) is 0. The number of carbonyl (C=O) groups excluding carboxylic acids is 1. The summed E-state index contributed by atoms with van der Waals surface area (Å²) in [5, 5.41) is 3.50. The summed E-state index contributed by atoms with van der Waals surface area (Å²) in [4.78, 5) is 18.5. The van der Waals surface area contributed by atoms with Crippen molar-refractivity contribution in [2.75, 3.05) is 44.8 Å². The quantitative estimate of drug-likeness (QED) is 0.771. The largest absolute Gasteiger partial charge is 0.462 e. The van der Waals surface area contributed by atoms with Crippen molar-refractivity contribution < 1.29 is 14.3 Å². The Bertz CT molecular complexity index is 685. The van der Waals surface area contributed by atoms with Gasteiger partial charge >= 0.3 is 5.97 Å². The summed E-state index contributed by atoms with van der Waals surface area (Å²) < 4.78 is 10.4. The Hall–Kier alpha value is -2.44. The van der Waals surface area contributed by atoms with Gasteiger partial charge in [0.1, 0.15) is 5.82 Å². The predicted octanol–water partition coefficient (Wildman–Crippen LogP) is 2.74. The molecule has 2 aromatic rings. The smallest absolute Gasteiger partial charge is 0.339 e. The van der Waals surface area contributed by atoms with Gasteiger partial charge < -0.3 is 14.8 Å². The fourth-order valence-electron chi connectivity index (χ4n) is 2.95. The maximum absolute atomic E-state index is 11.8. The van der Waals surface area contributed by atoms with Crippen LogP contribution in [0.15, 0.2) is 48.7 Å². The van der Waals surface area contributed by atoms with E-state index in [1.165, 1.54) is 5.56 Å². The molecule has 1 aliphatic rings. The van der Waals surface area contributed by atoms with Gasteiger partial charge in [0, 0.05) is 25.8 Å². The second-order valence-corrected chi connectivity index (χ2v) is 6.17. The fourth-order valence-corrected chi connectivity index (χ4v) is 2.95. The third-order valence-electron chi connectivity index (χ3n) is 4.34. The van der Waals surface area contributed by atoms with E-state index in [4.69, 9.17) is 9.47 Å². The van der Waals surface area contributed by atoms with E-state index < -0.39 is 0 Å². The number of nitrogens with zero attached hydrogens (tertiary/aromatic N) is 2. The molecule has 1 saturated heterocycles. The average molecular weight is 355 g/mol. The molecular weight excluding hydrogens is 330 g/mol. The van der Waals surface area contributed by atoms with Crippen molar-refractivity contribution in [3.05, 3.63) is 59.8 Å². The zero-order chi connectivity index (χ0) is 18.2. The summed E-state index contributed by atoms with van der Waals surface area (Å²) in [6.45, 7) is 6.42. The summed E-state index contributed by atoms with van der Waals surface area (Å²) in [6, 6.07) is 14.0. The Morgan fingerprint density at radius 1 is 1.23 bits per heavy atom. The van der Waals surface area contributed by atoms with Crippen LogP contribution in [-0.4, -0.2) is 55.3 Å². The van der Waals surface area contributed by atoms with Crippen molar-refractivity contribution in [2.45, 2.75) is 13.0 Å². The zero-order valence-electron chi connectivity index (χ0n) is 15.1. The molecule has 0 amide bonds. The molecule has 0 aliphatic carbocycles. The van der Waals surface area contributed by atoms with Crippen LogP contribution in [-0.2, 0) is 9.47 Å². The van der Waals surface area contributed by atoms with Crippen LogP contribution >= 0.6 is 0 Å². The maximum Gasteiger partial charge on any atom is 0.339 e. The summed E-state index contributed by atoms with van der Waals surface area (Å²) >= 11 is 0. The number of morpholine rings is 1. The highest BCUT2D eigenvalue weighted by Gasteiger charge is 2.19. The van der Waals surface area contributed by atoms with Gasteiger partial charge in [-0.05, 0) is 24.6 Å². The van der Waals surface area contributed by atoms with Crippen LogP contribution in [0.1, 0.15) is 28.9 Å². The van der Waals surface area contributed by atoms with E-state index in [1.54, 1.807) is 19.2 Å². The van der Waals surface area contributed by atoms with Crippen molar-refractivity contribution in [1.29, 1.82) is 0 Å². The van der Waals surface area contributed by atoms with Gasteiger partial charge in [-0.15, -0.1) is 0 Å². The molecule has 1 unspecified atom stereocenters. The molecule has 138 valence electrons. The molecule has 1 aromatic heterocycles. The number of benzene rings is 1. The third-order valence-corrected chi connectivity index (χ3v) is 4.34. The van der Waals surface area contributed by atoms with E-state index in [1.807, 2.05) is 24.3 Å². The number of ether oxygens (including phenoxy) is 2. The monoisotopic (exact) mass is 355 g/mol. The molecular formula is C20H25N3O3. The lowest BCUT2D eigenvalue weighted by molar-refractivity contribution is 0.0360. The van der Waals surface area contributed by atoms with Crippen LogP contribution in [0.3, 0.4) is 0 Å². The molecule has 6 nitrogen and oxygen atoms in total. The number of pyridine rings is 1. The first kappa shape index (κ1) is 18.4. The number of nitrogens with one attached hydrogen (secondary N) is 1. The van der Waals surface area contributed by atoms with Gasteiger partial charge in [-0.1, -0.05) is 30.3 Å². The van der Waals surface area contributed by atoms with E-state index >= 15 is 0 Å². The summed E-state index contributed by atoms with van der Waals surface area (Å²) in [6.07, 6.45) is 1.55. The molecule has 2 heterocycles. The van der Waals surface area contributed by atoms with E-state index in [0.29, 0.717) is 12.2 Å². The first-order chi connectivity index (χ1) is 12.8. The van der Waals surface area contributed by atoms with E-state index in [0.717, 1.165) is 38.7 Å². The number of esters is 1. The molecule has 1 aliphatic heterocycles. The molecule has 0 saturated carbocycles. The third kappa shape index (κ3) is 5.03. The molecule has 1 aromatic carbocycles. The second kappa shape index (κ2) is 9.31. The number of carbonyl (C=O) groups is 1. The number of rotatable bonds is 7. The van der Waals surface area contributed by atoms with Gasteiger partial charge in [0.15, 0.2) is 0 Å². The number of anilines is 1. The Morgan fingerprint density at radius 2 is 2.00 bits per heavy atom. The second-order valence-electron chi connectivity index (χ2n) is 6.17. The average Bonchev–Trinajstić information content (AvgIpc) is 2.70. The maximum atomic E-state index is 11.8. The highest BCUT2D eigenvalue weighted by molar-refractivity contribution is 5.89. The lowest BCUT2D eigenvalue weighted by Gasteiger charge is -2.31. The van der Waals surface area contributed by atoms with Gasteiger partial charge in [0.05, 0.1) is 31.4 Å². The van der Waals surface area contributed by atoms with Crippen molar-refractivity contribution >= 4 is 11.8 Å². The van der Waals surface area contributed by atoms with Crippen LogP contribution in [0, 0.1) is 0 Å². The first-order valence-corrected chi connectivity index (χ1v) is 9.01. The molecule has 1 N–H and O–H groups in total. The Kier molecular flexibility index (Phi) is 6.57.